The quantitative estimate of drug-likeness (QED) is 0.345. The smallest absolute Gasteiger partial charge is 0.322 e. The fourth-order valence-corrected chi connectivity index (χ4v) is 6.88. The number of ether oxygens (including phenoxy) is 1. The number of carbonyl (C=O) groups is 1. The number of nitrogens with one attached hydrogen (secondary N) is 1. The number of carbonyl (C=O) groups excluding carboxylic acids is 1. The van der Waals surface area contributed by atoms with Crippen LogP contribution in [0.3, 0.4) is 0 Å². The minimum absolute atomic E-state index is 0.161. The van der Waals surface area contributed by atoms with Crippen molar-refractivity contribution in [2.75, 3.05) is 26.0 Å². The molecular weight excluding hydrogens is 492 g/mol. The van der Waals surface area contributed by atoms with Crippen LogP contribution in [0.5, 0.6) is 5.75 Å². The Balaban J connectivity index is 1.48. The molecule has 2 amide bonds. The minimum Gasteiger partial charge on any atom is -0.497 e. The SMILES string of the molecule is COc1ccc([C@@H]2c3cccn3-c3sc4c(c3CN2C(=O)Nc2cccc(Cl)c2)CCN(C)C4)cc1. The van der Waals surface area contributed by atoms with Crippen LogP contribution in [0, 0.1) is 0 Å². The van der Waals surface area contributed by atoms with Gasteiger partial charge in [0.1, 0.15) is 10.8 Å². The van der Waals surface area contributed by atoms with Crippen LogP contribution in [0.4, 0.5) is 10.5 Å². The third-order valence-corrected chi connectivity index (χ3v) is 8.52. The lowest BCUT2D eigenvalue weighted by Crippen LogP contribution is -2.38. The van der Waals surface area contributed by atoms with E-state index in [1.807, 2.05) is 52.6 Å². The molecule has 2 aromatic heterocycles. The number of hydrogen-bond donors (Lipinski definition) is 1. The molecule has 0 bridgehead atoms. The van der Waals surface area contributed by atoms with Gasteiger partial charge in [0.05, 0.1) is 25.4 Å². The second-order valence-electron chi connectivity index (χ2n) is 9.32. The van der Waals surface area contributed by atoms with Crippen LogP contribution in [0.1, 0.15) is 33.3 Å². The van der Waals surface area contributed by atoms with E-state index in [2.05, 4.69) is 40.2 Å². The summed E-state index contributed by atoms with van der Waals surface area (Å²) in [4.78, 5) is 19.7. The van der Waals surface area contributed by atoms with E-state index in [4.69, 9.17) is 16.3 Å². The summed E-state index contributed by atoms with van der Waals surface area (Å²) in [5.41, 5.74) is 5.41. The molecule has 6 rings (SSSR count). The highest BCUT2D eigenvalue weighted by Crippen LogP contribution is 2.43. The summed E-state index contributed by atoms with van der Waals surface area (Å²) in [6.07, 6.45) is 3.11. The molecule has 36 heavy (non-hydrogen) atoms. The van der Waals surface area contributed by atoms with Crippen molar-refractivity contribution in [3.05, 3.63) is 99.1 Å². The molecular formula is C28H27ClN4O2S. The fourth-order valence-electron chi connectivity index (χ4n) is 5.25. The number of halogens is 1. The highest BCUT2D eigenvalue weighted by molar-refractivity contribution is 7.15. The number of likely N-dealkylation sites (N-methyl/N-ethyl adjacent to an activating group) is 1. The molecule has 0 saturated heterocycles. The molecule has 0 aliphatic carbocycles. The van der Waals surface area contributed by atoms with Gasteiger partial charge in [-0.15, -0.1) is 11.3 Å². The maximum Gasteiger partial charge on any atom is 0.322 e. The predicted octanol–water partition coefficient (Wildman–Crippen LogP) is 6.33. The number of rotatable bonds is 3. The van der Waals surface area contributed by atoms with Gasteiger partial charge >= 0.3 is 6.03 Å². The third kappa shape index (κ3) is 4.07. The molecule has 1 atom stereocenters. The Labute approximate surface area is 219 Å². The summed E-state index contributed by atoms with van der Waals surface area (Å²) in [6.45, 7) is 2.49. The second-order valence-corrected chi connectivity index (χ2v) is 10.8. The Morgan fingerprint density at radius 2 is 1.92 bits per heavy atom. The van der Waals surface area contributed by atoms with Gasteiger partial charge in [0.2, 0.25) is 0 Å². The predicted molar refractivity (Wildman–Crippen MR) is 145 cm³/mol. The lowest BCUT2D eigenvalue weighted by atomic mass is 10.00. The Bertz CT molecular complexity index is 1430. The van der Waals surface area contributed by atoms with Gasteiger partial charge < -0.3 is 24.4 Å². The maximum atomic E-state index is 14.0. The first-order valence-corrected chi connectivity index (χ1v) is 13.2. The number of thiophene rings is 1. The Morgan fingerprint density at radius 3 is 2.69 bits per heavy atom. The number of aromatic nitrogens is 1. The Kier molecular flexibility index (Phi) is 5.99. The van der Waals surface area contributed by atoms with Gasteiger partial charge in [-0.1, -0.05) is 29.8 Å². The fraction of sp³-hybridized carbons (Fsp3) is 0.250. The maximum absolute atomic E-state index is 14.0. The Hall–Kier alpha value is -3.26. The highest BCUT2D eigenvalue weighted by atomic mass is 35.5. The van der Waals surface area contributed by atoms with E-state index in [1.165, 1.54) is 21.0 Å². The number of benzene rings is 2. The monoisotopic (exact) mass is 518 g/mol. The number of fused-ring (bicyclic) bond motifs is 5. The molecule has 4 heterocycles. The van der Waals surface area contributed by atoms with Crippen molar-refractivity contribution in [2.45, 2.75) is 25.6 Å². The standard InChI is InChI=1S/C28H27ClN4O2S/c1-31-14-12-22-23-16-33(28(34)30-20-6-3-5-19(29)15-20)26(18-8-10-21(35-2)11-9-18)24-7-4-13-32(24)27(23)36-25(22)17-31/h3-11,13,15,26H,12,14,16-17H2,1-2H3,(H,30,34)/t26-/m1/s1. The molecule has 1 N–H and O–H groups in total. The summed E-state index contributed by atoms with van der Waals surface area (Å²) >= 11 is 8.06. The van der Waals surface area contributed by atoms with Gasteiger partial charge in [0.25, 0.3) is 0 Å². The van der Waals surface area contributed by atoms with Crippen LogP contribution in [0.25, 0.3) is 5.00 Å². The summed E-state index contributed by atoms with van der Waals surface area (Å²) in [6, 6.07) is 19.0. The number of hydrogen-bond acceptors (Lipinski definition) is 4. The zero-order valence-electron chi connectivity index (χ0n) is 20.2. The van der Waals surface area contributed by atoms with Crippen molar-refractivity contribution < 1.29 is 9.53 Å². The van der Waals surface area contributed by atoms with Crippen LogP contribution < -0.4 is 10.1 Å². The number of methoxy groups -OCH3 is 1. The summed E-state index contributed by atoms with van der Waals surface area (Å²) in [5, 5.41) is 4.90. The topological polar surface area (TPSA) is 49.7 Å². The zero-order chi connectivity index (χ0) is 24.8. The molecule has 184 valence electrons. The molecule has 0 saturated carbocycles. The molecule has 2 aliphatic rings. The van der Waals surface area contributed by atoms with Crippen LogP contribution in [0.15, 0.2) is 66.9 Å². The van der Waals surface area contributed by atoms with E-state index in [1.54, 1.807) is 19.2 Å². The minimum atomic E-state index is -0.272. The first-order chi connectivity index (χ1) is 17.5. The molecule has 0 fully saturated rings. The average Bonchev–Trinajstić information content (AvgIpc) is 3.45. The van der Waals surface area contributed by atoms with Crippen molar-refractivity contribution in [3.63, 3.8) is 0 Å². The van der Waals surface area contributed by atoms with Crippen molar-refractivity contribution in [3.8, 4) is 10.8 Å². The molecule has 2 aromatic carbocycles. The molecule has 8 heteroatoms. The number of nitrogens with zero attached hydrogens (tertiary/aromatic N) is 3. The lowest BCUT2D eigenvalue weighted by Gasteiger charge is -2.32. The van der Waals surface area contributed by atoms with E-state index < -0.39 is 0 Å². The molecule has 2 aliphatic heterocycles. The van der Waals surface area contributed by atoms with Gasteiger partial charge in [-0.05, 0) is 67.1 Å². The van der Waals surface area contributed by atoms with Gasteiger partial charge in [-0.3, -0.25) is 0 Å². The van der Waals surface area contributed by atoms with E-state index in [-0.39, 0.29) is 12.1 Å². The van der Waals surface area contributed by atoms with E-state index in [9.17, 15) is 4.79 Å². The van der Waals surface area contributed by atoms with Gasteiger partial charge in [-0.2, -0.15) is 0 Å². The van der Waals surface area contributed by atoms with Crippen LogP contribution in [0.2, 0.25) is 5.02 Å². The van der Waals surface area contributed by atoms with E-state index in [0.717, 1.165) is 36.5 Å². The first kappa shape index (κ1) is 23.2. The van der Waals surface area contributed by atoms with Crippen molar-refractivity contribution in [1.82, 2.24) is 14.4 Å². The highest BCUT2D eigenvalue weighted by Gasteiger charge is 2.36. The van der Waals surface area contributed by atoms with E-state index in [0.29, 0.717) is 17.3 Å². The van der Waals surface area contributed by atoms with Crippen LogP contribution in [-0.4, -0.2) is 41.1 Å². The number of urea groups is 1. The van der Waals surface area contributed by atoms with Gasteiger partial charge in [0.15, 0.2) is 0 Å². The molecule has 0 spiro atoms. The number of anilines is 1. The molecule has 6 nitrogen and oxygen atoms in total. The first-order valence-electron chi connectivity index (χ1n) is 12.0. The largest absolute Gasteiger partial charge is 0.497 e. The normalized spacial score (nSPS) is 17.1. The van der Waals surface area contributed by atoms with Gasteiger partial charge in [0, 0.05) is 40.4 Å². The molecule has 0 unspecified atom stereocenters. The third-order valence-electron chi connectivity index (χ3n) is 7.02. The summed E-state index contributed by atoms with van der Waals surface area (Å²) in [7, 11) is 3.83. The molecule has 4 aromatic rings. The summed E-state index contributed by atoms with van der Waals surface area (Å²) in [5.74, 6) is 0.787. The average molecular weight is 519 g/mol. The molecule has 0 radical (unpaired) electrons. The lowest BCUT2D eigenvalue weighted by molar-refractivity contribution is 0.194. The van der Waals surface area contributed by atoms with E-state index >= 15 is 0 Å². The van der Waals surface area contributed by atoms with Crippen LogP contribution >= 0.6 is 22.9 Å². The summed E-state index contributed by atoms with van der Waals surface area (Å²) < 4.78 is 7.67. The second kappa shape index (κ2) is 9.32. The van der Waals surface area contributed by atoms with Gasteiger partial charge in [-0.25, -0.2) is 4.79 Å². The zero-order valence-corrected chi connectivity index (χ0v) is 21.8. The Morgan fingerprint density at radius 1 is 1.08 bits per heavy atom. The number of amides is 2. The van der Waals surface area contributed by atoms with Crippen LogP contribution in [-0.2, 0) is 19.5 Å². The van der Waals surface area contributed by atoms with Crippen molar-refractivity contribution in [1.29, 1.82) is 0 Å². The van der Waals surface area contributed by atoms with Crippen molar-refractivity contribution >= 4 is 34.7 Å². The van der Waals surface area contributed by atoms with Crippen molar-refractivity contribution in [2.24, 2.45) is 0 Å².